The SMILES string of the molecule is C=CCN(CC)C(=O)CC(N)CC(C)(C)C. The molecule has 0 aliphatic heterocycles. The summed E-state index contributed by atoms with van der Waals surface area (Å²) in [5, 5.41) is 0. The number of likely N-dealkylation sites (N-methyl/N-ethyl adjacent to an activating group) is 1. The Kier molecular flexibility index (Phi) is 6.34. The molecule has 3 nitrogen and oxygen atoms in total. The van der Waals surface area contributed by atoms with Crippen molar-refractivity contribution in [1.82, 2.24) is 4.90 Å². The average Bonchev–Trinajstić information content (AvgIpc) is 2.10. The zero-order chi connectivity index (χ0) is 12.8. The number of hydrogen-bond acceptors (Lipinski definition) is 2. The summed E-state index contributed by atoms with van der Waals surface area (Å²) in [4.78, 5) is 13.6. The molecule has 94 valence electrons. The number of nitrogens with two attached hydrogens (primary N) is 1. The van der Waals surface area contributed by atoms with Gasteiger partial charge in [0.1, 0.15) is 0 Å². The van der Waals surface area contributed by atoms with Crippen molar-refractivity contribution in [3.8, 4) is 0 Å². The van der Waals surface area contributed by atoms with E-state index in [0.717, 1.165) is 6.42 Å². The Morgan fingerprint density at radius 3 is 2.44 bits per heavy atom. The van der Waals surface area contributed by atoms with E-state index in [0.29, 0.717) is 19.5 Å². The largest absolute Gasteiger partial charge is 0.339 e. The highest BCUT2D eigenvalue weighted by molar-refractivity contribution is 5.76. The summed E-state index contributed by atoms with van der Waals surface area (Å²) in [6.45, 7) is 13.3. The summed E-state index contributed by atoms with van der Waals surface area (Å²) in [5.41, 5.74) is 6.15. The summed E-state index contributed by atoms with van der Waals surface area (Å²) in [5.74, 6) is 0.124. The Morgan fingerprint density at radius 2 is 2.06 bits per heavy atom. The molecule has 0 saturated heterocycles. The minimum absolute atomic E-state index is 0.0497. The number of hydrogen-bond donors (Lipinski definition) is 1. The highest BCUT2D eigenvalue weighted by atomic mass is 16.2. The van der Waals surface area contributed by atoms with Crippen molar-refractivity contribution >= 4 is 5.91 Å². The van der Waals surface area contributed by atoms with Gasteiger partial charge in [-0.1, -0.05) is 26.8 Å². The van der Waals surface area contributed by atoms with Crippen LogP contribution in [-0.4, -0.2) is 29.9 Å². The summed E-state index contributed by atoms with van der Waals surface area (Å²) in [6, 6.07) is -0.0497. The fourth-order valence-electron chi connectivity index (χ4n) is 1.78. The second-order valence-corrected chi connectivity index (χ2v) is 5.45. The Bertz CT molecular complexity index is 231. The van der Waals surface area contributed by atoms with Gasteiger partial charge in [0.15, 0.2) is 0 Å². The third-order valence-electron chi connectivity index (χ3n) is 2.40. The lowest BCUT2D eigenvalue weighted by Gasteiger charge is -2.25. The van der Waals surface area contributed by atoms with Gasteiger partial charge in [0.05, 0.1) is 0 Å². The first kappa shape index (κ1) is 15.2. The molecule has 1 atom stereocenters. The van der Waals surface area contributed by atoms with Gasteiger partial charge in [-0.2, -0.15) is 0 Å². The molecule has 0 fully saturated rings. The molecule has 0 bridgehead atoms. The number of nitrogens with zero attached hydrogens (tertiary/aromatic N) is 1. The van der Waals surface area contributed by atoms with Crippen molar-refractivity contribution in [2.24, 2.45) is 11.1 Å². The number of carbonyl (C=O) groups excluding carboxylic acids is 1. The van der Waals surface area contributed by atoms with Gasteiger partial charge >= 0.3 is 0 Å². The van der Waals surface area contributed by atoms with Crippen LogP contribution in [-0.2, 0) is 4.79 Å². The molecule has 0 rings (SSSR count). The molecule has 0 radical (unpaired) electrons. The molecule has 0 heterocycles. The van der Waals surface area contributed by atoms with Crippen molar-refractivity contribution in [2.75, 3.05) is 13.1 Å². The summed E-state index contributed by atoms with van der Waals surface area (Å²) in [6.07, 6.45) is 3.04. The Morgan fingerprint density at radius 1 is 1.50 bits per heavy atom. The predicted octanol–water partition coefficient (Wildman–Crippen LogP) is 2.17. The lowest BCUT2D eigenvalue weighted by molar-refractivity contribution is -0.130. The fourth-order valence-corrected chi connectivity index (χ4v) is 1.78. The average molecular weight is 226 g/mol. The van der Waals surface area contributed by atoms with E-state index in [-0.39, 0.29) is 17.4 Å². The Balaban J connectivity index is 4.16. The van der Waals surface area contributed by atoms with Gasteiger partial charge in [-0.15, -0.1) is 6.58 Å². The van der Waals surface area contributed by atoms with E-state index in [1.54, 1.807) is 11.0 Å². The molecular weight excluding hydrogens is 200 g/mol. The van der Waals surface area contributed by atoms with Crippen LogP contribution in [0.1, 0.15) is 40.5 Å². The molecule has 0 aromatic heterocycles. The minimum atomic E-state index is -0.0497. The summed E-state index contributed by atoms with van der Waals surface area (Å²) < 4.78 is 0. The zero-order valence-electron chi connectivity index (χ0n) is 11.1. The van der Waals surface area contributed by atoms with Crippen molar-refractivity contribution in [3.63, 3.8) is 0 Å². The van der Waals surface area contributed by atoms with Crippen LogP contribution >= 0.6 is 0 Å². The van der Waals surface area contributed by atoms with Crippen molar-refractivity contribution in [3.05, 3.63) is 12.7 Å². The molecule has 3 heteroatoms. The molecule has 0 aromatic carbocycles. The maximum atomic E-state index is 11.9. The van der Waals surface area contributed by atoms with Crippen LogP contribution in [0, 0.1) is 5.41 Å². The first-order valence-electron chi connectivity index (χ1n) is 5.94. The number of rotatable bonds is 6. The van der Waals surface area contributed by atoms with Crippen LogP contribution < -0.4 is 5.73 Å². The van der Waals surface area contributed by atoms with Crippen LogP contribution in [0.4, 0.5) is 0 Å². The molecule has 0 spiro atoms. The molecular formula is C13H26N2O. The van der Waals surface area contributed by atoms with Gasteiger partial charge in [0, 0.05) is 25.6 Å². The number of carbonyl (C=O) groups is 1. The van der Waals surface area contributed by atoms with E-state index in [2.05, 4.69) is 27.4 Å². The van der Waals surface area contributed by atoms with E-state index < -0.39 is 0 Å². The van der Waals surface area contributed by atoms with Gasteiger partial charge in [-0.05, 0) is 18.8 Å². The first-order chi connectivity index (χ1) is 7.30. The third kappa shape index (κ3) is 6.62. The summed E-state index contributed by atoms with van der Waals surface area (Å²) in [7, 11) is 0. The van der Waals surface area contributed by atoms with E-state index in [1.165, 1.54) is 0 Å². The maximum absolute atomic E-state index is 11.9. The quantitative estimate of drug-likeness (QED) is 0.706. The van der Waals surface area contributed by atoms with Crippen molar-refractivity contribution in [2.45, 2.75) is 46.6 Å². The molecule has 0 aromatic rings. The smallest absolute Gasteiger partial charge is 0.224 e. The Hall–Kier alpha value is -0.830. The van der Waals surface area contributed by atoms with Gasteiger partial charge in [-0.25, -0.2) is 0 Å². The molecule has 1 unspecified atom stereocenters. The van der Waals surface area contributed by atoms with Crippen LogP contribution in [0.15, 0.2) is 12.7 Å². The van der Waals surface area contributed by atoms with Crippen LogP contribution in [0.5, 0.6) is 0 Å². The van der Waals surface area contributed by atoms with Gasteiger partial charge in [-0.3, -0.25) is 4.79 Å². The van der Waals surface area contributed by atoms with E-state index in [4.69, 9.17) is 5.73 Å². The molecule has 0 saturated carbocycles. The van der Waals surface area contributed by atoms with Gasteiger partial charge in [0.2, 0.25) is 5.91 Å². The van der Waals surface area contributed by atoms with Crippen LogP contribution in [0.25, 0.3) is 0 Å². The van der Waals surface area contributed by atoms with E-state index in [9.17, 15) is 4.79 Å². The van der Waals surface area contributed by atoms with E-state index >= 15 is 0 Å². The highest BCUT2D eigenvalue weighted by Crippen LogP contribution is 2.21. The van der Waals surface area contributed by atoms with Crippen molar-refractivity contribution in [1.29, 1.82) is 0 Å². The predicted molar refractivity (Wildman–Crippen MR) is 69.1 cm³/mol. The third-order valence-corrected chi connectivity index (χ3v) is 2.40. The second-order valence-electron chi connectivity index (χ2n) is 5.45. The molecule has 2 N–H and O–H groups in total. The van der Waals surface area contributed by atoms with Gasteiger partial charge in [0.25, 0.3) is 0 Å². The van der Waals surface area contributed by atoms with E-state index in [1.807, 2.05) is 6.92 Å². The highest BCUT2D eigenvalue weighted by Gasteiger charge is 2.20. The van der Waals surface area contributed by atoms with Crippen LogP contribution in [0.2, 0.25) is 0 Å². The molecule has 0 aliphatic rings. The van der Waals surface area contributed by atoms with Gasteiger partial charge < -0.3 is 10.6 Å². The topological polar surface area (TPSA) is 46.3 Å². The normalized spacial score (nSPS) is 13.3. The standard InChI is InChI=1S/C13H26N2O/c1-6-8-15(7-2)12(16)9-11(14)10-13(3,4)5/h6,11H,1,7-10,14H2,2-5H3. The molecule has 1 amide bonds. The maximum Gasteiger partial charge on any atom is 0.224 e. The summed E-state index contributed by atoms with van der Waals surface area (Å²) >= 11 is 0. The second kappa shape index (κ2) is 6.69. The van der Waals surface area contributed by atoms with Crippen LogP contribution in [0.3, 0.4) is 0 Å². The van der Waals surface area contributed by atoms with Crippen molar-refractivity contribution < 1.29 is 4.79 Å². The monoisotopic (exact) mass is 226 g/mol. The molecule has 0 aliphatic carbocycles. The molecule has 16 heavy (non-hydrogen) atoms. The zero-order valence-corrected chi connectivity index (χ0v) is 11.1. The fraction of sp³-hybridized carbons (Fsp3) is 0.769. The first-order valence-corrected chi connectivity index (χ1v) is 5.94. The lowest BCUT2D eigenvalue weighted by atomic mass is 9.87. The Labute approximate surface area is 99.7 Å². The minimum Gasteiger partial charge on any atom is -0.339 e. The number of amides is 1. The lowest BCUT2D eigenvalue weighted by Crippen LogP contribution is -2.37.